The van der Waals surface area contributed by atoms with Crippen molar-refractivity contribution in [3.8, 4) is 0 Å². The quantitative estimate of drug-likeness (QED) is 0.573. The molecular weight excluding hydrogens is 268 g/mol. The van der Waals surface area contributed by atoms with Gasteiger partial charge in [-0.1, -0.05) is 0 Å². The topological polar surface area (TPSA) is 110 Å². The highest BCUT2D eigenvalue weighted by molar-refractivity contribution is 5.97. The first-order valence-corrected chi connectivity index (χ1v) is 5.73. The number of carbonyl (C=O) groups is 3. The summed E-state index contributed by atoms with van der Waals surface area (Å²) in [6.07, 6.45) is -1.14. The van der Waals surface area contributed by atoms with Crippen molar-refractivity contribution in [1.29, 1.82) is 0 Å². The van der Waals surface area contributed by atoms with Crippen molar-refractivity contribution < 1.29 is 34.1 Å². The SMILES string of the molecule is CC(=O)OC(=O)c1ccc(C(=O)OCC(O)CO)cc1. The number of benzene rings is 1. The van der Waals surface area contributed by atoms with E-state index in [-0.39, 0.29) is 17.7 Å². The average molecular weight is 282 g/mol. The molecule has 0 aliphatic carbocycles. The van der Waals surface area contributed by atoms with Gasteiger partial charge < -0.3 is 19.7 Å². The van der Waals surface area contributed by atoms with Crippen molar-refractivity contribution in [3.63, 3.8) is 0 Å². The largest absolute Gasteiger partial charge is 0.459 e. The molecule has 1 rings (SSSR count). The van der Waals surface area contributed by atoms with Crippen LogP contribution < -0.4 is 0 Å². The molecule has 7 nitrogen and oxygen atoms in total. The van der Waals surface area contributed by atoms with E-state index in [4.69, 9.17) is 14.9 Å². The summed E-state index contributed by atoms with van der Waals surface area (Å²) in [5.74, 6) is -2.24. The minimum absolute atomic E-state index is 0.118. The lowest BCUT2D eigenvalue weighted by Gasteiger charge is -2.08. The van der Waals surface area contributed by atoms with Crippen LogP contribution in [0.3, 0.4) is 0 Å². The van der Waals surface area contributed by atoms with E-state index in [1.165, 1.54) is 24.3 Å². The third-order valence-corrected chi connectivity index (χ3v) is 2.21. The third kappa shape index (κ3) is 4.79. The van der Waals surface area contributed by atoms with Crippen molar-refractivity contribution >= 4 is 17.9 Å². The summed E-state index contributed by atoms with van der Waals surface area (Å²) < 4.78 is 9.10. The Bertz CT molecular complexity index is 492. The predicted molar refractivity (Wildman–Crippen MR) is 65.9 cm³/mol. The minimum atomic E-state index is -1.14. The van der Waals surface area contributed by atoms with Crippen molar-refractivity contribution in [2.45, 2.75) is 13.0 Å². The van der Waals surface area contributed by atoms with Gasteiger partial charge in [-0.3, -0.25) is 4.79 Å². The summed E-state index contributed by atoms with van der Waals surface area (Å²) in [4.78, 5) is 33.5. The fourth-order valence-electron chi connectivity index (χ4n) is 1.24. The molecule has 0 saturated heterocycles. The fraction of sp³-hybridized carbons (Fsp3) is 0.308. The molecule has 0 radical (unpaired) electrons. The number of ether oxygens (including phenoxy) is 2. The molecule has 7 heteroatoms. The van der Waals surface area contributed by atoms with Gasteiger partial charge in [-0.15, -0.1) is 0 Å². The van der Waals surface area contributed by atoms with E-state index in [1.807, 2.05) is 0 Å². The zero-order chi connectivity index (χ0) is 15.1. The van der Waals surface area contributed by atoms with Crippen molar-refractivity contribution in [2.75, 3.05) is 13.2 Å². The zero-order valence-corrected chi connectivity index (χ0v) is 10.7. The Morgan fingerprint density at radius 1 is 1.10 bits per heavy atom. The van der Waals surface area contributed by atoms with E-state index in [1.54, 1.807) is 0 Å². The van der Waals surface area contributed by atoms with Crippen LogP contribution in [0.1, 0.15) is 27.6 Å². The lowest BCUT2D eigenvalue weighted by atomic mass is 10.1. The van der Waals surface area contributed by atoms with E-state index in [0.29, 0.717) is 0 Å². The Morgan fingerprint density at radius 2 is 1.60 bits per heavy atom. The number of hydrogen-bond donors (Lipinski definition) is 2. The Balaban J connectivity index is 2.64. The van der Waals surface area contributed by atoms with Gasteiger partial charge in [0.05, 0.1) is 17.7 Å². The van der Waals surface area contributed by atoms with Gasteiger partial charge in [0, 0.05) is 6.92 Å². The molecule has 2 N–H and O–H groups in total. The van der Waals surface area contributed by atoms with Gasteiger partial charge in [-0.2, -0.15) is 0 Å². The van der Waals surface area contributed by atoms with Crippen LogP contribution in [0.5, 0.6) is 0 Å². The van der Waals surface area contributed by atoms with Crippen LogP contribution in [-0.4, -0.2) is 47.4 Å². The van der Waals surface area contributed by atoms with Gasteiger partial charge in [0.25, 0.3) is 0 Å². The molecule has 0 aliphatic heterocycles. The molecule has 0 fully saturated rings. The minimum Gasteiger partial charge on any atom is -0.459 e. The first kappa shape index (κ1) is 15.8. The highest BCUT2D eigenvalue weighted by Crippen LogP contribution is 2.08. The van der Waals surface area contributed by atoms with E-state index >= 15 is 0 Å². The standard InChI is InChI=1S/C13H14O7/c1-8(15)20-13(18)10-4-2-9(3-5-10)12(17)19-7-11(16)6-14/h2-5,11,14,16H,6-7H2,1H3. The number of rotatable bonds is 5. The molecule has 1 aromatic carbocycles. The maximum atomic E-state index is 11.5. The van der Waals surface area contributed by atoms with Gasteiger partial charge in [0.15, 0.2) is 0 Å². The number of esters is 3. The van der Waals surface area contributed by atoms with Crippen LogP contribution in [0.4, 0.5) is 0 Å². The lowest BCUT2D eigenvalue weighted by Crippen LogP contribution is -2.22. The van der Waals surface area contributed by atoms with E-state index in [2.05, 4.69) is 4.74 Å². The zero-order valence-electron chi connectivity index (χ0n) is 10.7. The first-order valence-electron chi connectivity index (χ1n) is 5.73. The summed E-state index contributed by atoms with van der Waals surface area (Å²) in [5, 5.41) is 17.6. The molecule has 0 aromatic heterocycles. The third-order valence-electron chi connectivity index (χ3n) is 2.21. The maximum absolute atomic E-state index is 11.5. The summed E-state index contributed by atoms with van der Waals surface area (Å²) in [7, 11) is 0. The molecular formula is C13H14O7. The molecule has 1 unspecified atom stereocenters. The monoisotopic (exact) mass is 282 g/mol. The van der Waals surface area contributed by atoms with Gasteiger partial charge in [0.2, 0.25) is 0 Å². The predicted octanol–water partition coefficient (Wildman–Crippen LogP) is -0.100. The number of carbonyl (C=O) groups excluding carboxylic acids is 3. The molecule has 1 atom stereocenters. The molecule has 0 bridgehead atoms. The normalized spacial score (nSPS) is 11.6. The van der Waals surface area contributed by atoms with E-state index in [9.17, 15) is 14.4 Å². The molecule has 20 heavy (non-hydrogen) atoms. The maximum Gasteiger partial charge on any atom is 0.345 e. The van der Waals surface area contributed by atoms with Gasteiger partial charge in [-0.05, 0) is 24.3 Å². The van der Waals surface area contributed by atoms with Crippen LogP contribution in [0.2, 0.25) is 0 Å². The Hall–Kier alpha value is -2.25. The number of aliphatic hydroxyl groups excluding tert-OH is 2. The molecule has 108 valence electrons. The van der Waals surface area contributed by atoms with Crippen LogP contribution in [-0.2, 0) is 14.3 Å². The summed E-state index contributed by atoms with van der Waals surface area (Å²) in [6.45, 7) is 0.267. The van der Waals surface area contributed by atoms with Crippen molar-refractivity contribution in [2.24, 2.45) is 0 Å². The average Bonchev–Trinajstić information content (AvgIpc) is 2.43. The Kier molecular flexibility index (Phi) is 5.82. The summed E-state index contributed by atoms with van der Waals surface area (Å²) in [6, 6.07) is 5.27. The van der Waals surface area contributed by atoms with Crippen LogP contribution in [0.25, 0.3) is 0 Å². The van der Waals surface area contributed by atoms with Crippen molar-refractivity contribution in [1.82, 2.24) is 0 Å². The number of aliphatic hydroxyl groups is 2. The van der Waals surface area contributed by atoms with E-state index in [0.717, 1.165) is 6.92 Å². The second kappa shape index (κ2) is 7.37. The smallest absolute Gasteiger partial charge is 0.345 e. The Labute approximate surface area is 114 Å². The van der Waals surface area contributed by atoms with Gasteiger partial charge >= 0.3 is 17.9 Å². The lowest BCUT2D eigenvalue weighted by molar-refractivity contribution is -0.135. The Morgan fingerprint density at radius 3 is 2.05 bits per heavy atom. The second-order valence-corrected chi connectivity index (χ2v) is 3.89. The molecule has 0 amide bonds. The van der Waals surface area contributed by atoms with Crippen LogP contribution in [0.15, 0.2) is 24.3 Å². The first-order chi connectivity index (χ1) is 9.43. The summed E-state index contributed by atoms with van der Waals surface area (Å²) >= 11 is 0. The second-order valence-electron chi connectivity index (χ2n) is 3.89. The van der Waals surface area contributed by atoms with Crippen LogP contribution >= 0.6 is 0 Å². The fourth-order valence-corrected chi connectivity index (χ4v) is 1.24. The molecule has 0 spiro atoms. The van der Waals surface area contributed by atoms with E-state index < -0.39 is 30.6 Å². The number of hydrogen-bond acceptors (Lipinski definition) is 7. The molecule has 0 aliphatic rings. The summed E-state index contributed by atoms with van der Waals surface area (Å²) in [5.41, 5.74) is 0.279. The highest BCUT2D eigenvalue weighted by Gasteiger charge is 2.13. The van der Waals surface area contributed by atoms with Crippen LogP contribution in [0, 0.1) is 0 Å². The molecule has 0 saturated carbocycles. The molecule has 1 aromatic rings. The molecule has 0 heterocycles. The van der Waals surface area contributed by atoms with Gasteiger partial charge in [-0.25, -0.2) is 9.59 Å². The van der Waals surface area contributed by atoms with Gasteiger partial charge in [0.1, 0.15) is 12.7 Å². The highest BCUT2D eigenvalue weighted by atomic mass is 16.6. The van der Waals surface area contributed by atoms with Crippen molar-refractivity contribution in [3.05, 3.63) is 35.4 Å².